The maximum atomic E-state index is 12.3. The molecular weight excluding hydrogens is 462 g/mol. The minimum Gasteiger partial charge on any atom is -0.464 e. The number of hydrogen-bond donors (Lipinski definition) is 2. The molecule has 0 spiro atoms. The molecule has 2 heterocycles. The molecule has 1 saturated carbocycles. The standard InChI is InChI=1S/C23H34F2N6O2S/c1-27-30-18(13-26)12-22(32)28-14-17-4-2-16(3-5-17)6-9-31-10-7-19-20(8-11-31)34-23(29-19)33-15-21(24)25/h13-14,16-17,21,26-27H,2-12,15H2,1H3/b26-13?,28-14+,30-18-. The van der Waals surface area contributed by atoms with E-state index < -0.39 is 13.0 Å². The Labute approximate surface area is 203 Å². The molecule has 8 nitrogen and oxygen atoms in total. The first-order valence-electron chi connectivity index (χ1n) is 11.9. The van der Waals surface area contributed by atoms with E-state index in [0.29, 0.717) is 22.7 Å². The summed E-state index contributed by atoms with van der Waals surface area (Å²) >= 11 is 1.40. The van der Waals surface area contributed by atoms with E-state index in [0.717, 1.165) is 81.4 Å². The number of halogens is 2. The molecule has 0 saturated heterocycles. The van der Waals surface area contributed by atoms with E-state index in [1.54, 1.807) is 13.3 Å². The third kappa shape index (κ3) is 8.50. The third-order valence-electron chi connectivity index (χ3n) is 6.34. The molecule has 0 bridgehead atoms. The molecule has 1 amide bonds. The van der Waals surface area contributed by atoms with E-state index in [1.165, 1.54) is 11.3 Å². The van der Waals surface area contributed by atoms with Crippen molar-refractivity contribution in [1.82, 2.24) is 15.3 Å². The Kier molecular flexibility index (Phi) is 10.5. The van der Waals surface area contributed by atoms with Crippen LogP contribution in [0, 0.1) is 17.2 Å². The van der Waals surface area contributed by atoms with Crippen molar-refractivity contribution in [3.8, 4) is 5.19 Å². The zero-order valence-electron chi connectivity index (χ0n) is 19.6. The van der Waals surface area contributed by atoms with Gasteiger partial charge in [-0.1, -0.05) is 11.3 Å². The fourth-order valence-corrected chi connectivity index (χ4v) is 5.40. The van der Waals surface area contributed by atoms with Gasteiger partial charge in [0.25, 0.3) is 17.5 Å². The van der Waals surface area contributed by atoms with E-state index >= 15 is 0 Å². The van der Waals surface area contributed by atoms with Crippen LogP contribution in [0.2, 0.25) is 0 Å². The number of ether oxygens (including phenoxy) is 1. The van der Waals surface area contributed by atoms with Crippen LogP contribution in [0.1, 0.15) is 49.1 Å². The molecule has 188 valence electrons. The van der Waals surface area contributed by atoms with Crippen LogP contribution in [0.5, 0.6) is 5.19 Å². The van der Waals surface area contributed by atoms with E-state index in [1.807, 2.05) is 0 Å². The Hall–Kier alpha value is -2.27. The summed E-state index contributed by atoms with van der Waals surface area (Å²) < 4.78 is 29.8. The molecule has 2 aliphatic rings. The number of thiazole rings is 1. The van der Waals surface area contributed by atoms with Crippen LogP contribution < -0.4 is 10.2 Å². The maximum absolute atomic E-state index is 12.3. The number of alkyl halides is 2. The molecule has 11 heteroatoms. The Morgan fingerprint density at radius 1 is 1.32 bits per heavy atom. The van der Waals surface area contributed by atoms with Crippen LogP contribution in [0.25, 0.3) is 0 Å². The quantitative estimate of drug-likeness (QED) is 0.360. The molecule has 3 rings (SSSR count). The summed E-state index contributed by atoms with van der Waals surface area (Å²) in [4.78, 5) is 24.1. The minimum absolute atomic E-state index is 0.0398. The largest absolute Gasteiger partial charge is 0.464 e. The van der Waals surface area contributed by atoms with Gasteiger partial charge in [0.05, 0.1) is 17.8 Å². The molecular formula is C23H34F2N6O2S. The summed E-state index contributed by atoms with van der Waals surface area (Å²) in [6, 6.07) is 0. The van der Waals surface area contributed by atoms with Crippen LogP contribution in [0.3, 0.4) is 0 Å². The van der Waals surface area contributed by atoms with Gasteiger partial charge < -0.3 is 20.5 Å². The lowest BCUT2D eigenvalue weighted by Crippen LogP contribution is -2.29. The van der Waals surface area contributed by atoms with Crippen molar-refractivity contribution in [1.29, 1.82) is 5.41 Å². The summed E-state index contributed by atoms with van der Waals surface area (Å²) in [5.41, 5.74) is 3.95. The maximum Gasteiger partial charge on any atom is 0.273 e. The van der Waals surface area contributed by atoms with Crippen molar-refractivity contribution in [2.75, 3.05) is 33.3 Å². The molecule has 1 aliphatic heterocycles. The van der Waals surface area contributed by atoms with E-state index in [9.17, 15) is 13.6 Å². The Bertz CT molecular complexity index is 842. The van der Waals surface area contributed by atoms with Gasteiger partial charge in [0.2, 0.25) is 0 Å². The number of amides is 1. The fraction of sp³-hybridized carbons (Fsp3) is 0.696. The van der Waals surface area contributed by atoms with Crippen molar-refractivity contribution in [2.45, 2.75) is 57.8 Å². The normalized spacial score (nSPS) is 21.9. The van der Waals surface area contributed by atoms with Crippen LogP contribution in [0.4, 0.5) is 8.78 Å². The summed E-state index contributed by atoms with van der Waals surface area (Å²) in [5.74, 6) is 0.764. The number of hydrazone groups is 1. The van der Waals surface area contributed by atoms with Crippen molar-refractivity contribution in [3.63, 3.8) is 0 Å². The number of aliphatic imine (C=N–C) groups is 1. The lowest BCUT2D eigenvalue weighted by atomic mass is 9.81. The van der Waals surface area contributed by atoms with Crippen LogP contribution >= 0.6 is 11.3 Å². The van der Waals surface area contributed by atoms with Crippen LogP contribution in [-0.2, 0) is 17.6 Å². The number of aromatic nitrogens is 1. The predicted octanol–water partition coefficient (Wildman–Crippen LogP) is 3.60. The number of carbonyl (C=O) groups excluding carboxylic acids is 1. The second-order valence-electron chi connectivity index (χ2n) is 8.78. The molecule has 34 heavy (non-hydrogen) atoms. The first-order valence-corrected chi connectivity index (χ1v) is 12.7. The highest BCUT2D eigenvalue weighted by atomic mass is 32.1. The summed E-state index contributed by atoms with van der Waals surface area (Å²) in [6.07, 6.45) is 7.69. The van der Waals surface area contributed by atoms with Gasteiger partial charge in [-0.05, 0) is 56.9 Å². The first-order chi connectivity index (χ1) is 16.5. The Balaban J connectivity index is 1.34. The first kappa shape index (κ1) is 26.3. The number of nitrogens with one attached hydrogen (secondary N) is 2. The molecule has 0 atom stereocenters. The summed E-state index contributed by atoms with van der Waals surface area (Å²) in [7, 11) is 1.63. The van der Waals surface area contributed by atoms with Gasteiger partial charge in [-0.25, -0.2) is 18.8 Å². The highest BCUT2D eigenvalue weighted by molar-refractivity contribution is 7.13. The van der Waals surface area contributed by atoms with Gasteiger partial charge in [0.15, 0.2) is 6.61 Å². The monoisotopic (exact) mass is 496 g/mol. The lowest BCUT2D eigenvalue weighted by Gasteiger charge is -2.28. The highest BCUT2D eigenvalue weighted by Gasteiger charge is 2.23. The zero-order valence-corrected chi connectivity index (χ0v) is 20.5. The van der Waals surface area contributed by atoms with Crippen molar-refractivity contribution >= 4 is 35.4 Å². The molecule has 1 aliphatic carbocycles. The molecule has 1 aromatic rings. The zero-order chi connectivity index (χ0) is 24.3. The number of nitrogens with zero attached hydrogens (tertiary/aromatic N) is 4. The third-order valence-corrected chi connectivity index (χ3v) is 7.41. The van der Waals surface area contributed by atoms with Gasteiger partial charge in [-0.15, -0.1) is 0 Å². The minimum atomic E-state index is -2.48. The van der Waals surface area contributed by atoms with Crippen molar-refractivity contribution in [2.24, 2.45) is 21.9 Å². The van der Waals surface area contributed by atoms with Gasteiger partial charge in [0.1, 0.15) is 0 Å². The number of fused-ring (bicyclic) bond motifs is 1. The SMILES string of the molecule is CN/N=C(\C=N)CC(=O)/N=C/C1CCC(CCN2CCc3nc(OCC(F)F)sc3CC2)CC1. The molecule has 0 aromatic carbocycles. The van der Waals surface area contributed by atoms with Gasteiger partial charge >= 0.3 is 0 Å². The molecule has 1 aromatic heterocycles. The second-order valence-corrected chi connectivity index (χ2v) is 9.83. The van der Waals surface area contributed by atoms with Gasteiger partial charge in [-0.2, -0.15) is 5.10 Å². The summed E-state index contributed by atoms with van der Waals surface area (Å²) in [5, 5.41) is 11.5. The van der Waals surface area contributed by atoms with Gasteiger partial charge in [0, 0.05) is 43.9 Å². The predicted molar refractivity (Wildman–Crippen MR) is 131 cm³/mol. The van der Waals surface area contributed by atoms with Gasteiger partial charge in [-0.3, -0.25) is 4.79 Å². The highest BCUT2D eigenvalue weighted by Crippen LogP contribution is 2.31. The number of carbonyl (C=O) groups is 1. The van der Waals surface area contributed by atoms with E-state index in [-0.39, 0.29) is 12.3 Å². The van der Waals surface area contributed by atoms with E-state index in [2.05, 4.69) is 25.4 Å². The lowest BCUT2D eigenvalue weighted by molar-refractivity contribution is -0.116. The summed E-state index contributed by atoms with van der Waals surface area (Å²) in [6.45, 7) is 2.36. The average molecular weight is 497 g/mol. The molecule has 2 N–H and O–H groups in total. The molecule has 0 unspecified atom stereocenters. The molecule has 0 radical (unpaired) electrons. The average Bonchev–Trinajstić information content (AvgIpc) is 3.13. The second kappa shape index (κ2) is 13.6. The van der Waals surface area contributed by atoms with Crippen molar-refractivity contribution in [3.05, 3.63) is 10.6 Å². The van der Waals surface area contributed by atoms with Crippen LogP contribution in [0.15, 0.2) is 10.1 Å². The Morgan fingerprint density at radius 2 is 2.09 bits per heavy atom. The Morgan fingerprint density at radius 3 is 2.79 bits per heavy atom. The van der Waals surface area contributed by atoms with Crippen molar-refractivity contribution < 1.29 is 18.3 Å². The number of rotatable bonds is 11. The number of hydrogen-bond acceptors (Lipinski definition) is 8. The smallest absolute Gasteiger partial charge is 0.273 e. The van der Waals surface area contributed by atoms with Crippen LogP contribution in [-0.4, -0.2) is 73.6 Å². The topological polar surface area (TPSA) is 103 Å². The van der Waals surface area contributed by atoms with E-state index in [4.69, 9.17) is 10.1 Å². The molecule has 1 fully saturated rings. The fourth-order valence-electron chi connectivity index (χ4n) is 4.45.